The molecule has 7 nitrogen and oxygen atoms in total. The molecule has 2 N–H and O–H groups in total. The van der Waals surface area contributed by atoms with E-state index in [1.165, 1.54) is 0 Å². The predicted molar refractivity (Wildman–Crippen MR) is 71.2 cm³/mol. The Labute approximate surface area is 118 Å². The molecule has 0 radical (unpaired) electrons. The second kappa shape index (κ2) is 8.52. The Hall–Kier alpha value is -1.63. The number of carbonyl (C=O) groups excluding carboxylic acids is 2. The zero-order valence-corrected chi connectivity index (χ0v) is 11.8. The van der Waals surface area contributed by atoms with E-state index in [9.17, 15) is 14.4 Å². The third-order valence-electron chi connectivity index (χ3n) is 3.25. The SMILES string of the molecule is CCOC(=O)NC(=O)CN1CCCC(CCC(=O)O)C1. The van der Waals surface area contributed by atoms with E-state index in [0.29, 0.717) is 18.9 Å². The summed E-state index contributed by atoms with van der Waals surface area (Å²) in [5.41, 5.74) is 0. The molecule has 1 rings (SSSR count). The number of carboxylic acids is 1. The normalized spacial score (nSPS) is 19.4. The molecule has 20 heavy (non-hydrogen) atoms. The van der Waals surface area contributed by atoms with E-state index in [0.717, 1.165) is 19.4 Å². The lowest BCUT2D eigenvalue weighted by Gasteiger charge is -2.31. The Balaban J connectivity index is 2.30. The maximum atomic E-state index is 11.6. The minimum atomic E-state index is -0.790. The minimum absolute atomic E-state index is 0.141. The summed E-state index contributed by atoms with van der Waals surface area (Å²) < 4.78 is 4.63. The summed E-state index contributed by atoms with van der Waals surface area (Å²) in [6, 6.07) is 0. The van der Waals surface area contributed by atoms with E-state index in [1.807, 2.05) is 4.90 Å². The Morgan fingerprint density at radius 3 is 2.80 bits per heavy atom. The van der Waals surface area contributed by atoms with E-state index >= 15 is 0 Å². The van der Waals surface area contributed by atoms with Crippen LogP contribution in [0.4, 0.5) is 4.79 Å². The summed E-state index contributed by atoms with van der Waals surface area (Å²) in [6.45, 7) is 3.52. The van der Waals surface area contributed by atoms with Gasteiger partial charge in [-0.3, -0.25) is 19.8 Å². The number of alkyl carbamates (subject to hydrolysis) is 1. The van der Waals surface area contributed by atoms with Gasteiger partial charge in [0.15, 0.2) is 0 Å². The lowest BCUT2D eigenvalue weighted by atomic mass is 9.93. The molecule has 0 aliphatic carbocycles. The van der Waals surface area contributed by atoms with Gasteiger partial charge in [-0.05, 0) is 38.6 Å². The molecule has 0 aromatic rings. The van der Waals surface area contributed by atoms with Crippen LogP contribution in [-0.4, -0.2) is 54.2 Å². The molecule has 0 saturated carbocycles. The van der Waals surface area contributed by atoms with Crippen LogP contribution in [0.25, 0.3) is 0 Å². The smallest absolute Gasteiger partial charge is 0.413 e. The highest BCUT2D eigenvalue weighted by molar-refractivity contribution is 5.92. The number of likely N-dealkylation sites (tertiary alicyclic amines) is 1. The molecule has 1 aliphatic rings. The highest BCUT2D eigenvalue weighted by Gasteiger charge is 2.22. The van der Waals surface area contributed by atoms with Crippen LogP contribution in [0.5, 0.6) is 0 Å². The Morgan fingerprint density at radius 1 is 1.40 bits per heavy atom. The number of carboxylic acid groups (broad SMARTS) is 1. The fourth-order valence-electron chi connectivity index (χ4n) is 2.38. The molecule has 114 valence electrons. The topological polar surface area (TPSA) is 95.9 Å². The molecule has 1 fully saturated rings. The lowest BCUT2D eigenvalue weighted by Crippen LogP contribution is -2.44. The van der Waals surface area contributed by atoms with Gasteiger partial charge in [0.05, 0.1) is 13.2 Å². The summed E-state index contributed by atoms with van der Waals surface area (Å²) in [6.07, 6.45) is 2.00. The van der Waals surface area contributed by atoms with Crippen LogP contribution < -0.4 is 5.32 Å². The summed E-state index contributed by atoms with van der Waals surface area (Å²) in [5, 5.41) is 10.8. The van der Waals surface area contributed by atoms with Gasteiger partial charge in [0.25, 0.3) is 0 Å². The van der Waals surface area contributed by atoms with E-state index in [-0.39, 0.29) is 25.5 Å². The first kappa shape index (κ1) is 16.4. The first-order chi connectivity index (χ1) is 9.51. The molecule has 1 saturated heterocycles. The van der Waals surface area contributed by atoms with Crippen molar-refractivity contribution in [2.75, 3.05) is 26.2 Å². The summed E-state index contributed by atoms with van der Waals surface area (Å²) >= 11 is 0. The largest absolute Gasteiger partial charge is 0.481 e. The quantitative estimate of drug-likeness (QED) is 0.751. The van der Waals surface area contributed by atoms with E-state index < -0.39 is 12.1 Å². The number of piperidine rings is 1. The lowest BCUT2D eigenvalue weighted by molar-refractivity contribution is -0.137. The number of aliphatic carboxylic acids is 1. The maximum absolute atomic E-state index is 11.6. The molecular weight excluding hydrogens is 264 g/mol. The number of imide groups is 1. The van der Waals surface area contributed by atoms with Gasteiger partial charge in [-0.2, -0.15) is 0 Å². The van der Waals surface area contributed by atoms with Gasteiger partial charge in [0.2, 0.25) is 5.91 Å². The molecule has 1 heterocycles. The number of carbonyl (C=O) groups is 3. The molecule has 0 aromatic carbocycles. The van der Waals surface area contributed by atoms with Crippen LogP contribution in [0.15, 0.2) is 0 Å². The molecule has 2 amide bonds. The predicted octanol–water partition coefficient (Wildman–Crippen LogP) is 0.836. The first-order valence-corrected chi connectivity index (χ1v) is 6.92. The van der Waals surface area contributed by atoms with E-state index in [2.05, 4.69) is 10.1 Å². The Morgan fingerprint density at radius 2 is 2.15 bits per heavy atom. The van der Waals surface area contributed by atoms with Gasteiger partial charge in [-0.25, -0.2) is 4.79 Å². The van der Waals surface area contributed by atoms with Crippen LogP contribution in [-0.2, 0) is 14.3 Å². The second-order valence-electron chi connectivity index (χ2n) is 4.94. The van der Waals surface area contributed by atoms with Crippen molar-refractivity contribution in [1.82, 2.24) is 10.2 Å². The fraction of sp³-hybridized carbons (Fsp3) is 0.769. The van der Waals surface area contributed by atoms with Crippen molar-refractivity contribution in [3.63, 3.8) is 0 Å². The van der Waals surface area contributed by atoms with E-state index in [1.54, 1.807) is 6.92 Å². The van der Waals surface area contributed by atoms with Gasteiger partial charge in [-0.1, -0.05) is 0 Å². The number of rotatable bonds is 6. The molecule has 0 bridgehead atoms. The molecule has 1 aliphatic heterocycles. The van der Waals surface area contributed by atoms with Crippen molar-refractivity contribution in [1.29, 1.82) is 0 Å². The summed E-state index contributed by atoms with van der Waals surface area (Å²) in [4.78, 5) is 35.2. The van der Waals surface area contributed by atoms with E-state index in [4.69, 9.17) is 5.11 Å². The molecule has 7 heteroatoms. The minimum Gasteiger partial charge on any atom is -0.481 e. The average Bonchev–Trinajstić information content (AvgIpc) is 2.36. The number of nitrogens with one attached hydrogen (secondary N) is 1. The summed E-state index contributed by atoms with van der Waals surface area (Å²) in [5.74, 6) is -0.875. The molecule has 1 unspecified atom stereocenters. The fourth-order valence-corrected chi connectivity index (χ4v) is 2.38. The first-order valence-electron chi connectivity index (χ1n) is 6.92. The monoisotopic (exact) mass is 286 g/mol. The zero-order chi connectivity index (χ0) is 15.0. The highest BCUT2D eigenvalue weighted by Crippen LogP contribution is 2.20. The molecule has 1 atom stereocenters. The Bertz CT molecular complexity index is 359. The Kier molecular flexibility index (Phi) is 7.00. The van der Waals surface area contributed by atoms with Gasteiger partial charge in [0.1, 0.15) is 0 Å². The second-order valence-corrected chi connectivity index (χ2v) is 4.94. The van der Waals surface area contributed by atoms with Crippen molar-refractivity contribution in [3.05, 3.63) is 0 Å². The summed E-state index contributed by atoms with van der Waals surface area (Å²) in [7, 11) is 0. The van der Waals surface area contributed by atoms with Crippen molar-refractivity contribution in [3.8, 4) is 0 Å². The average molecular weight is 286 g/mol. The highest BCUT2D eigenvalue weighted by atomic mass is 16.5. The maximum Gasteiger partial charge on any atom is 0.413 e. The zero-order valence-electron chi connectivity index (χ0n) is 11.8. The number of hydrogen-bond acceptors (Lipinski definition) is 5. The molecule has 0 spiro atoms. The van der Waals surface area contributed by atoms with Crippen LogP contribution >= 0.6 is 0 Å². The van der Waals surface area contributed by atoms with Crippen LogP contribution in [0.1, 0.15) is 32.6 Å². The van der Waals surface area contributed by atoms with Crippen LogP contribution in [0.3, 0.4) is 0 Å². The number of nitrogens with zero attached hydrogens (tertiary/aromatic N) is 1. The number of amides is 2. The van der Waals surface area contributed by atoms with Crippen molar-refractivity contribution >= 4 is 18.0 Å². The standard InChI is InChI=1S/C13H22N2O5/c1-2-20-13(19)14-11(16)9-15-7-3-4-10(8-15)5-6-12(17)18/h10H,2-9H2,1H3,(H,17,18)(H,14,16,19). The third-order valence-corrected chi connectivity index (χ3v) is 3.25. The third kappa shape index (κ3) is 6.51. The molecule has 0 aromatic heterocycles. The molecular formula is C13H22N2O5. The van der Waals surface area contributed by atoms with Gasteiger partial charge in [-0.15, -0.1) is 0 Å². The van der Waals surface area contributed by atoms with Gasteiger partial charge < -0.3 is 9.84 Å². The number of ether oxygens (including phenoxy) is 1. The van der Waals surface area contributed by atoms with Crippen LogP contribution in [0.2, 0.25) is 0 Å². The van der Waals surface area contributed by atoms with Gasteiger partial charge >= 0.3 is 12.1 Å². The van der Waals surface area contributed by atoms with Crippen molar-refractivity contribution < 1.29 is 24.2 Å². The van der Waals surface area contributed by atoms with Gasteiger partial charge in [0, 0.05) is 13.0 Å². The van der Waals surface area contributed by atoms with Crippen LogP contribution in [0, 0.1) is 5.92 Å². The van der Waals surface area contributed by atoms with Crippen molar-refractivity contribution in [2.45, 2.75) is 32.6 Å². The van der Waals surface area contributed by atoms with Crippen molar-refractivity contribution in [2.24, 2.45) is 5.92 Å². The number of hydrogen-bond donors (Lipinski definition) is 2.